The molecule has 0 unspecified atom stereocenters. The van der Waals surface area contributed by atoms with Gasteiger partial charge in [0.05, 0.1) is 7.11 Å². The van der Waals surface area contributed by atoms with Crippen LogP contribution in [0.2, 0.25) is 0 Å². The van der Waals surface area contributed by atoms with Crippen LogP contribution in [0.5, 0.6) is 0 Å². The second kappa shape index (κ2) is 11.4. The second-order valence-electron chi connectivity index (χ2n) is 12.8. The number of nitrogens with zero attached hydrogens (tertiary/aromatic N) is 1. The first-order chi connectivity index (χ1) is 19.3. The lowest BCUT2D eigenvalue weighted by atomic mass is 9.83. The summed E-state index contributed by atoms with van der Waals surface area (Å²) in [5.74, 6) is -1.36. The summed E-state index contributed by atoms with van der Waals surface area (Å²) in [6, 6.07) is 10.00. The van der Waals surface area contributed by atoms with E-state index in [2.05, 4.69) is 13.8 Å². The van der Waals surface area contributed by atoms with Gasteiger partial charge in [0.25, 0.3) is 0 Å². The molecule has 0 N–H and O–H groups in total. The van der Waals surface area contributed by atoms with Crippen LogP contribution >= 0.6 is 0 Å². The molecule has 0 radical (unpaired) electrons. The third kappa shape index (κ3) is 5.50. The van der Waals surface area contributed by atoms with Crippen LogP contribution in [0.1, 0.15) is 90.0 Å². The predicted molar refractivity (Wildman–Crippen MR) is 149 cm³/mol. The molecule has 2 spiro atoms. The molecular formula is C32H45NO7. The van der Waals surface area contributed by atoms with Crippen molar-refractivity contribution < 1.29 is 33.2 Å². The van der Waals surface area contributed by atoms with Crippen molar-refractivity contribution in [1.29, 1.82) is 0 Å². The minimum Gasteiger partial charge on any atom is -0.467 e. The van der Waals surface area contributed by atoms with Crippen molar-refractivity contribution >= 4 is 12.2 Å². The quantitative estimate of drug-likeness (QED) is 0.324. The van der Waals surface area contributed by atoms with Gasteiger partial charge in [-0.1, -0.05) is 57.0 Å². The molecule has 3 aliphatic heterocycles. The van der Waals surface area contributed by atoms with Gasteiger partial charge in [-0.2, -0.15) is 0 Å². The first kappa shape index (κ1) is 28.3. The Kier molecular flexibility index (Phi) is 8.09. The summed E-state index contributed by atoms with van der Waals surface area (Å²) in [5, 5.41) is 0. The van der Waals surface area contributed by atoms with Crippen molar-refractivity contribution in [2.45, 2.75) is 139 Å². The Morgan fingerprint density at radius 2 is 1.52 bits per heavy atom. The van der Waals surface area contributed by atoms with Crippen molar-refractivity contribution in [3.05, 3.63) is 35.9 Å². The van der Waals surface area contributed by atoms with E-state index in [1.807, 2.05) is 30.3 Å². The fourth-order valence-electron chi connectivity index (χ4n) is 7.50. The van der Waals surface area contributed by atoms with E-state index in [9.17, 15) is 4.79 Å². The number of hydrogen-bond acceptors (Lipinski definition) is 8. The summed E-state index contributed by atoms with van der Waals surface area (Å²) in [7, 11) is 1.43. The van der Waals surface area contributed by atoms with Gasteiger partial charge in [-0.05, 0) is 43.6 Å². The van der Waals surface area contributed by atoms with Gasteiger partial charge in [0.2, 0.25) is 0 Å². The summed E-state index contributed by atoms with van der Waals surface area (Å²) in [6.45, 7) is 4.20. The molecule has 2 aliphatic carbocycles. The lowest BCUT2D eigenvalue weighted by Gasteiger charge is -2.36. The number of aliphatic imine (C=N–C) groups is 1. The standard InChI is InChI=1S/C32H45NO7/c1-22(2)19-30(29(34)35-3,20-23-13-7-4-8-14-23)33-21-24-25-26(38-31(37-25)15-9-5-10-16-31)27-28(36-24)40-32(39-27)17-11-6-12-18-32/h4,7-8,13-14,21-22,24-28H,5-6,9-12,15-20H2,1-3H3/t24-,25+,26+,27-,28-,30-/m1/s1. The molecule has 0 aromatic heterocycles. The number of methoxy groups -OCH3 is 1. The van der Waals surface area contributed by atoms with Crippen LogP contribution in [-0.2, 0) is 39.6 Å². The number of benzene rings is 1. The molecule has 8 nitrogen and oxygen atoms in total. The lowest BCUT2D eigenvalue weighted by Crippen LogP contribution is -2.55. The predicted octanol–water partition coefficient (Wildman–Crippen LogP) is 5.50. The van der Waals surface area contributed by atoms with Crippen molar-refractivity contribution in [1.82, 2.24) is 0 Å². The van der Waals surface area contributed by atoms with Gasteiger partial charge in [0, 0.05) is 38.3 Å². The van der Waals surface area contributed by atoms with E-state index in [1.165, 1.54) is 20.0 Å². The highest BCUT2D eigenvalue weighted by molar-refractivity contribution is 5.84. The Morgan fingerprint density at radius 3 is 2.15 bits per heavy atom. The molecule has 5 aliphatic rings. The molecule has 6 atom stereocenters. The van der Waals surface area contributed by atoms with Gasteiger partial charge < -0.3 is 28.4 Å². The highest BCUT2D eigenvalue weighted by Crippen LogP contribution is 2.50. The SMILES string of the molecule is COC(=O)[C@](Cc1ccccc1)(CC(C)C)N=C[C@H]1O[C@@H]2OC3(CCCCC3)O[C@@H]2[C@H]2OC3(CCCCC3)O[C@H]21. The van der Waals surface area contributed by atoms with Crippen molar-refractivity contribution in [3.8, 4) is 0 Å². The number of hydrogen-bond donors (Lipinski definition) is 0. The largest absolute Gasteiger partial charge is 0.467 e. The third-order valence-corrected chi connectivity index (χ3v) is 9.26. The van der Waals surface area contributed by atoms with Gasteiger partial charge in [-0.25, -0.2) is 4.79 Å². The first-order valence-electron chi connectivity index (χ1n) is 15.4. The van der Waals surface area contributed by atoms with Crippen LogP contribution in [0.25, 0.3) is 0 Å². The molecule has 3 heterocycles. The molecular weight excluding hydrogens is 510 g/mol. The minimum atomic E-state index is -1.08. The molecule has 0 amide bonds. The Morgan fingerprint density at radius 1 is 0.925 bits per heavy atom. The fourth-order valence-corrected chi connectivity index (χ4v) is 7.50. The molecule has 220 valence electrons. The Hall–Kier alpha value is -1.84. The molecule has 1 aromatic rings. The second-order valence-corrected chi connectivity index (χ2v) is 12.8. The maximum absolute atomic E-state index is 13.4. The molecule has 5 fully saturated rings. The van der Waals surface area contributed by atoms with E-state index in [4.69, 9.17) is 33.4 Å². The number of ether oxygens (including phenoxy) is 6. The average Bonchev–Trinajstić information content (AvgIpc) is 3.50. The van der Waals surface area contributed by atoms with Gasteiger partial charge in [-0.15, -0.1) is 0 Å². The van der Waals surface area contributed by atoms with Crippen LogP contribution in [0.4, 0.5) is 0 Å². The van der Waals surface area contributed by atoms with Crippen LogP contribution in [0.15, 0.2) is 35.3 Å². The molecule has 40 heavy (non-hydrogen) atoms. The molecule has 1 aromatic carbocycles. The van der Waals surface area contributed by atoms with Gasteiger partial charge >= 0.3 is 5.97 Å². The van der Waals surface area contributed by atoms with Gasteiger partial charge in [0.1, 0.15) is 24.4 Å². The molecule has 6 rings (SSSR count). The minimum absolute atomic E-state index is 0.221. The third-order valence-electron chi connectivity index (χ3n) is 9.26. The maximum Gasteiger partial charge on any atom is 0.334 e. The van der Waals surface area contributed by atoms with E-state index in [1.54, 1.807) is 6.21 Å². The first-order valence-corrected chi connectivity index (χ1v) is 15.4. The molecule has 3 saturated heterocycles. The van der Waals surface area contributed by atoms with Gasteiger partial charge in [-0.3, -0.25) is 4.99 Å². The Labute approximate surface area is 238 Å². The number of fused-ring (bicyclic) bond motifs is 3. The zero-order valence-corrected chi connectivity index (χ0v) is 24.2. The van der Waals surface area contributed by atoms with Crippen molar-refractivity contribution in [2.24, 2.45) is 10.9 Å². The maximum atomic E-state index is 13.4. The van der Waals surface area contributed by atoms with E-state index < -0.39 is 35.6 Å². The topological polar surface area (TPSA) is 84.8 Å². The summed E-state index contributed by atoms with van der Waals surface area (Å²) < 4.78 is 38.7. The number of carbonyl (C=O) groups excluding carboxylic acids is 1. The van der Waals surface area contributed by atoms with E-state index in [0.717, 1.165) is 56.9 Å². The van der Waals surface area contributed by atoms with Gasteiger partial charge in [0.15, 0.2) is 23.4 Å². The average molecular weight is 556 g/mol. The Balaban J connectivity index is 1.32. The van der Waals surface area contributed by atoms with E-state index in [-0.39, 0.29) is 24.1 Å². The Bertz CT molecular complexity index is 1050. The smallest absolute Gasteiger partial charge is 0.334 e. The lowest BCUT2D eigenvalue weighted by molar-refractivity contribution is -0.240. The summed E-state index contributed by atoms with van der Waals surface area (Å²) in [5.41, 5.74) is -0.0545. The van der Waals surface area contributed by atoms with Crippen LogP contribution in [-0.4, -0.2) is 67.1 Å². The molecule has 0 bridgehead atoms. The van der Waals surface area contributed by atoms with Crippen molar-refractivity contribution in [2.75, 3.05) is 7.11 Å². The van der Waals surface area contributed by atoms with E-state index in [0.29, 0.717) is 12.8 Å². The van der Waals surface area contributed by atoms with Crippen LogP contribution in [0, 0.1) is 5.92 Å². The fraction of sp³-hybridized carbons (Fsp3) is 0.750. The number of carbonyl (C=O) groups is 1. The summed E-state index contributed by atoms with van der Waals surface area (Å²) in [4.78, 5) is 18.5. The molecule has 8 heteroatoms. The summed E-state index contributed by atoms with van der Waals surface area (Å²) in [6.07, 6.45) is 10.7. The van der Waals surface area contributed by atoms with Crippen LogP contribution in [0.3, 0.4) is 0 Å². The van der Waals surface area contributed by atoms with Crippen LogP contribution < -0.4 is 0 Å². The monoisotopic (exact) mass is 555 g/mol. The van der Waals surface area contributed by atoms with Crippen molar-refractivity contribution in [3.63, 3.8) is 0 Å². The molecule has 2 saturated carbocycles. The highest BCUT2D eigenvalue weighted by Gasteiger charge is 2.63. The highest BCUT2D eigenvalue weighted by atomic mass is 16.9. The normalized spacial score (nSPS) is 34.1. The van der Waals surface area contributed by atoms with E-state index >= 15 is 0 Å². The zero-order valence-electron chi connectivity index (χ0n) is 24.2. The zero-order chi connectivity index (χ0) is 27.8. The number of rotatable bonds is 7. The number of esters is 1. The summed E-state index contributed by atoms with van der Waals surface area (Å²) >= 11 is 0.